The molecule has 0 aromatic heterocycles. The van der Waals surface area contributed by atoms with E-state index in [1.54, 1.807) is 7.05 Å². The van der Waals surface area contributed by atoms with Crippen LogP contribution in [0.1, 0.15) is 38.7 Å². The fourth-order valence-electron chi connectivity index (χ4n) is 1.88. The molecule has 2 N–H and O–H groups in total. The van der Waals surface area contributed by atoms with Gasteiger partial charge in [-0.15, -0.1) is 0 Å². The Labute approximate surface area is 129 Å². The lowest BCUT2D eigenvalue weighted by Gasteiger charge is -2.11. The molecule has 1 rings (SSSR count). The van der Waals surface area contributed by atoms with Gasteiger partial charge < -0.3 is 15.4 Å². The van der Waals surface area contributed by atoms with E-state index in [4.69, 9.17) is 4.74 Å². The van der Waals surface area contributed by atoms with Crippen molar-refractivity contribution < 1.29 is 4.74 Å². The molecule has 0 aliphatic heterocycles. The van der Waals surface area contributed by atoms with E-state index in [0.717, 1.165) is 57.1 Å². The average Bonchev–Trinajstić information content (AvgIpc) is 2.52. The summed E-state index contributed by atoms with van der Waals surface area (Å²) in [6.45, 7) is 6.94. The Bertz CT molecular complexity index is 401. The van der Waals surface area contributed by atoms with Gasteiger partial charge >= 0.3 is 0 Å². The molecule has 4 nitrogen and oxygen atoms in total. The molecule has 0 fully saturated rings. The van der Waals surface area contributed by atoms with Gasteiger partial charge in [0.25, 0.3) is 0 Å². The second-order valence-corrected chi connectivity index (χ2v) is 5.02. The topological polar surface area (TPSA) is 45.6 Å². The molecule has 0 bridgehead atoms. The van der Waals surface area contributed by atoms with Crippen LogP contribution in [0.4, 0.5) is 0 Å². The standard InChI is InChI=1S/C17H29N3O/c1-4-6-14-21-16-9-7-15(8-10-16)11-13-20-17(18-3)19-12-5-2/h7-10H,4-6,11-14H2,1-3H3,(H2,18,19,20). The third-order valence-electron chi connectivity index (χ3n) is 3.16. The van der Waals surface area contributed by atoms with Gasteiger partial charge in [0.05, 0.1) is 6.61 Å². The summed E-state index contributed by atoms with van der Waals surface area (Å²) in [5.74, 6) is 1.83. The van der Waals surface area contributed by atoms with Crippen molar-refractivity contribution in [1.29, 1.82) is 0 Å². The molecule has 21 heavy (non-hydrogen) atoms. The number of ether oxygens (including phenoxy) is 1. The molecule has 0 amide bonds. The minimum absolute atomic E-state index is 0.802. The number of nitrogens with zero attached hydrogens (tertiary/aromatic N) is 1. The van der Waals surface area contributed by atoms with Crippen LogP contribution in [0, 0.1) is 0 Å². The number of nitrogens with one attached hydrogen (secondary N) is 2. The summed E-state index contributed by atoms with van der Waals surface area (Å²) in [4.78, 5) is 4.19. The zero-order chi connectivity index (χ0) is 15.3. The fraction of sp³-hybridized carbons (Fsp3) is 0.588. The first-order valence-corrected chi connectivity index (χ1v) is 7.96. The molecular formula is C17H29N3O. The molecule has 4 heteroatoms. The van der Waals surface area contributed by atoms with Gasteiger partial charge in [0.1, 0.15) is 5.75 Å². The molecule has 118 valence electrons. The molecule has 0 unspecified atom stereocenters. The number of aliphatic imine (C=N–C) groups is 1. The Kier molecular flexibility index (Phi) is 9.09. The zero-order valence-electron chi connectivity index (χ0n) is 13.6. The van der Waals surface area contributed by atoms with Gasteiger partial charge in [0.15, 0.2) is 5.96 Å². The maximum atomic E-state index is 5.66. The summed E-state index contributed by atoms with van der Waals surface area (Å²) in [5.41, 5.74) is 1.30. The summed E-state index contributed by atoms with van der Waals surface area (Å²) in [5, 5.41) is 6.58. The number of unbranched alkanes of at least 4 members (excludes halogenated alkanes) is 1. The lowest BCUT2D eigenvalue weighted by Crippen LogP contribution is -2.38. The van der Waals surface area contributed by atoms with Crippen LogP contribution in [0.25, 0.3) is 0 Å². The lowest BCUT2D eigenvalue weighted by molar-refractivity contribution is 0.309. The third kappa shape index (κ3) is 7.59. The number of rotatable bonds is 9. The van der Waals surface area contributed by atoms with E-state index >= 15 is 0 Å². The maximum absolute atomic E-state index is 5.66. The highest BCUT2D eigenvalue weighted by atomic mass is 16.5. The molecule has 0 aliphatic carbocycles. The second-order valence-electron chi connectivity index (χ2n) is 5.02. The maximum Gasteiger partial charge on any atom is 0.190 e. The van der Waals surface area contributed by atoms with Gasteiger partial charge in [-0.1, -0.05) is 32.4 Å². The van der Waals surface area contributed by atoms with Gasteiger partial charge in [-0.05, 0) is 37.0 Å². The number of hydrogen-bond donors (Lipinski definition) is 2. The largest absolute Gasteiger partial charge is 0.494 e. The Morgan fingerprint density at radius 3 is 2.38 bits per heavy atom. The Hall–Kier alpha value is -1.71. The molecule has 1 aromatic rings. The van der Waals surface area contributed by atoms with E-state index in [2.05, 4.69) is 53.7 Å². The smallest absolute Gasteiger partial charge is 0.190 e. The van der Waals surface area contributed by atoms with E-state index in [1.165, 1.54) is 5.56 Å². The van der Waals surface area contributed by atoms with Crippen molar-refractivity contribution in [2.24, 2.45) is 4.99 Å². The predicted molar refractivity (Wildman–Crippen MR) is 90.2 cm³/mol. The molecule has 0 saturated carbocycles. The first-order valence-electron chi connectivity index (χ1n) is 7.96. The molecular weight excluding hydrogens is 262 g/mol. The molecule has 0 atom stereocenters. The Morgan fingerprint density at radius 1 is 1.05 bits per heavy atom. The monoisotopic (exact) mass is 291 g/mol. The van der Waals surface area contributed by atoms with Crippen LogP contribution in [-0.2, 0) is 6.42 Å². The van der Waals surface area contributed by atoms with Gasteiger partial charge in [-0.3, -0.25) is 4.99 Å². The number of hydrogen-bond acceptors (Lipinski definition) is 2. The SMILES string of the molecule is CCCCOc1ccc(CCNC(=NC)NCCC)cc1. The zero-order valence-corrected chi connectivity index (χ0v) is 13.6. The average molecular weight is 291 g/mol. The van der Waals surface area contributed by atoms with Crippen LogP contribution in [0.5, 0.6) is 5.75 Å². The van der Waals surface area contributed by atoms with Gasteiger partial charge in [-0.2, -0.15) is 0 Å². The van der Waals surface area contributed by atoms with E-state index < -0.39 is 0 Å². The second kappa shape index (κ2) is 11.0. The first kappa shape index (κ1) is 17.3. The van der Waals surface area contributed by atoms with Crippen LogP contribution >= 0.6 is 0 Å². The summed E-state index contributed by atoms with van der Waals surface area (Å²) in [6.07, 6.45) is 4.34. The van der Waals surface area contributed by atoms with Gasteiger partial charge in [0.2, 0.25) is 0 Å². The van der Waals surface area contributed by atoms with Crippen LogP contribution < -0.4 is 15.4 Å². The van der Waals surface area contributed by atoms with E-state index in [1.807, 2.05) is 0 Å². The van der Waals surface area contributed by atoms with Crippen LogP contribution in [0.3, 0.4) is 0 Å². The minimum atomic E-state index is 0.802. The van der Waals surface area contributed by atoms with Crippen molar-refractivity contribution in [1.82, 2.24) is 10.6 Å². The summed E-state index contributed by atoms with van der Waals surface area (Å²) >= 11 is 0. The van der Waals surface area contributed by atoms with Crippen molar-refractivity contribution in [2.45, 2.75) is 39.5 Å². The highest BCUT2D eigenvalue weighted by molar-refractivity contribution is 5.79. The van der Waals surface area contributed by atoms with Crippen molar-refractivity contribution in [2.75, 3.05) is 26.7 Å². The molecule has 0 saturated heterocycles. The Balaban J connectivity index is 2.28. The third-order valence-corrected chi connectivity index (χ3v) is 3.16. The fourth-order valence-corrected chi connectivity index (χ4v) is 1.88. The van der Waals surface area contributed by atoms with Crippen molar-refractivity contribution in [3.63, 3.8) is 0 Å². The number of benzene rings is 1. The van der Waals surface area contributed by atoms with E-state index in [9.17, 15) is 0 Å². The first-order chi connectivity index (χ1) is 10.3. The van der Waals surface area contributed by atoms with E-state index in [0.29, 0.717) is 0 Å². The highest BCUT2D eigenvalue weighted by Gasteiger charge is 1.98. The van der Waals surface area contributed by atoms with Crippen molar-refractivity contribution in [3.8, 4) is 5.75 Å². The van der Waals surface area contributed by atoms with Gasteiger partial charge in [-0.25, -0.2) is 0 Å². The highest BCUT2D eigenvalue weighted by Crippen LogP contribution is 2.12. The normalized spacial score (nSPS) is 11.3. The summed E-state index contributed by atoms with van der Waals surface area (Å²) in [6, 6.07) is 8.36. The van der Waals surface area contributed by atoms with Crippen LogP contribution in [-0.4, -0.2) is 32.7 Å². The molecule has 0 radical (unpaired) electrons. The number of guanidine groups is 1. The van der Waals surface area contributed by atoms with Gasteiger partial charge in [0, 0.05) is 20.1 Å². The molecule has 0 heterocycles. The predicted octanol–water partition coefficient (Wildman–Crippen LogP) is 2.98. The molecule has 1 aromatic carbocycles. The Morgan fingerprint density at radius 2 is 1.76 bits per heavy atom. The van der Waals surface area contributed by atoms with Crippen molar-refractivity contribution in [3.05, 3.63) is 29.8 Å². The van der Waals surface area contributed by atoms with Crippen LogP contribution in [0.2, 0.25) is 0 Å². The molecule has 0 spiro atoms. The summed E-state index contributed by atoms with van der Waals surface area (Å²) in [7, 11) is 1.80. The van der Waals surface area contributed by atoms with Crippen molar-refractivity contribution >= 4 is 5.96 Å². The summed E-state index contributed by atoms with van der Waals surface area (Å²) < 4.78 is 5.66. The van der Waals surface area contributed by atoms with Crippen LogP contribution in [0.15, 0.2) is 29.3 Å². The quantitative estimate of drug-likeness (QED) is 0.418. The van der Waals surface area contributed by atoms with E-state index in [-0.39, 0.29) is 0 Å². The lowest BCUT2D eigenvalue weighted by atomic mass is 10.1. The minimum Gasteiger partial charge on any atom is -0.494 e. The molecule has 0 aliphatic rings.